The van der Waals surface area contributed by atoms with E-state index in [2.05, 4.69) is 40.7 Å². The standard InChI is InChI=1S/C38H52ClN3O6S/c1-24-7-5-9-32(37-46-20-30(21-47-37)41(3)4)31-13-10-28(31)19-42-22-38(16-6-8-26-17-29(39)12-14-33(26)38)23-48-35-15-11-27(18-34(35)42)36(43)40-49(44,45)25(24)2/h11-12,14-15,17-18,24-25,28,30-32,37H,5-10,13,16,19-23H2,1-4H3,(H,40,43)/t24-,25+,28-,30?,31+,32+,37?,38-/m0/s1. The molecule has 6 atom stereocenters. The van der Waals surface area contributed by atoms with E-state index in [0.29, 0.717) is 37.2 Å². The summed E-state index contributed by atoms with van der Waals surface area (Å²) in [4.78, 5) is 18.2. The lowest BCUT2D eigenvalue weighted by Gasteiger charge is -2.49. The fourth-order valence-electron chi connectivity index (χ4n) is 9.03. The number of nitrogens with one attached hydrogen (secondary N) is 1. The van der Waals surface area contributed by atoms with Gasteiger partial charge in [-0.2, -0.15) is 0 Å². The van der Waals surface area contributed by atoms with Gasteiger partial charge in [0, 0.05) is 35.0 Å². The van der Waals surface area contributed by atoms with Crippen LogP contribution in [0.1, 0.15) is 80.3 Å². The molecule has 1 saturated carbocycles. The molecule has 2 bridgehead atoms. The van der Waals surface area contributed by atoms with Gasteiger partial charge in [-0.15, -0.1) is 0 Å². The third kappa shape index (κ3) is 6.97. The quantitative estimate of drug-likeness (QED) is 0.404. The van der Waals surface area contributed by atoms with Crippen molar-refractivity contribution in [3.63, 3.8) is 0 Å². The van der Waals surface area contributed by atoms with E-state index >= 15 is 0 Å². The van der Waals surface area contributed by atoms with E-state index in [1.807, 2.05) is 25.1 Å². The van der Waals surface area contributed by atoms with Crippen LogP contribution in [-0.2, 0) is 31.3 Å². The van der Waals surface area contributed by atoms with Crippen molar-refractivity contribution < 1.29 is 27.4 Å². The maximum absolute atomic E-state index is 13.6. The predicted molar refractivity (Wildman–Crippen MR) is 192 cm³/mol. The van der Waals surface area contributed by atoms with Crippen molar-refractivity contribution >= 4 is 33.2 Å². The van der Waals surface area contributed by atoms with Crippen LogP contribution in [0.15, 0.2) is 36.4 Å². The van der Waals surface area contributed by atoms with Gasteiger partial charge in [-0.3, -0.25) is 4.79 Å². The minimum Gasteiger partial charge on any atom is -0.490 e. The summed E-state index contributed by atoms with van der Waals surface area (Å²) in [7, 11) is 0.219. The Kier molecular flexibility index (Phi) is 10.0. The Morgan fingerprint density at radius 3 is 2.51 bits per heavy atom. The van der Waals surface area contributed by atoms with Gasteiger partial charge in [-0.25, -0.2) is 13.1 Å². The largest absolute Gasteiger partial charge is 0.490 e. The van der Waals surface area contributed by atoms with Crippen molar-refractivity contribution in [3.8, 4) is 5.75 Å². The number of ether oxygens (including phenoxy) is 3. The van der Waals surface area contributed by atoms with Crippen LogP contribution in [0.3, 0.4) is 0 Å². The van der Waals surface area contributed by atoms with Crippen LogP contribution in [0.25, 0.3) is 0 Å². The molecule has 1 N–H and O–H groups in total. The number of hydrogen-bond donors (Lipinski definition) is 1. The summed E-state index contributed by atoms with van der Waals surface area (Å²) in [5.74, 6) is 1.05. The van der Waals surface area contributed by atoms with Crippen molar-refractivity contribution in [1.82, 2.24) is 9.62 Å². The van der Waals surface area contributed by atoms with Crippen LogP contribution in [0.5, 0.6) is 5.75 Å². The normalized spacial score (nSPS) is 34.9. The summed E-state index contributed by atoms with van der Waals surface area (Å²) in [6, 6.07) is 11.9. The maximum Gasteiger partial charge on any atom is 0.264 e. The molecule has 0 unspecified atom stereocenters. The highest BCUT2D eigenvalue weighted by atomic mass is 35.5. The first-order chi connectivity index (χ1) is 23.4. The lowest BCUT2D eigenvalue weighted by molar-refractivity contribution is -0.240. The fraction of sp³-hybridized carbons (Fsp3) is 0.658. The molecule has 2 aromatic carbocycles. The molecule has 2 aliphatic carbocycles. The van der Waals surface area contributed by atoms with Gasteiger partial charge < -0.3 is 24.0 Å². The zero-order valence-electron chi connectivity index (χ0n) is 29.3. The van der Waals surface area contributed by atoms with Gasteiger partial charge in [0.1, 0.15) is 5.75 Å². The number of sulfonamides is 1. The molecular formula is C38H52ClN3O6S. The lowest BCUT2D eigenvalue weighted by Crippen LogP contribution is -2.52. The van der Waals surface area contributed by atoms with E-state index in [-0.39, 0.29) is 29.6 Å². The van der Waals surface area contributed by atoms with Gasteiger partial charge >= 0.3 is 0 Å². The molecule has 0 radical (unpaired) electrons. The number of nitrogens with zero attached hydrogens (tertiary/aromatic N) is 2. The number of carbonyl (C=O) groups excluding carboxylic acids is 1. The smallest absolute Gasteiger partial charge is 0.264 e. The third-order valence-corrected chi connectivity index (χ3v) is 14.6. The van der Waals surface area contributed by atoms with Gasteiger partial charge in [0.25, 0.3) is 5.91 Å². The summed E-state index contributed by atoms with van der Waals surface area (Å²) < 4.78 is 49.0. The van der Waals surface area contributed by atoms with E-state index in [1.165, 1.54) is 11.1 Å². The summed E-state index contributed by atoms with van der Waals surface area (Å²) >= 11 is 6.47. The Morgan fingerprint density at radius 2 is 1.78 bits per heavy atom. The molecule has 1 saturated heterocycles. The average Bonchev–Trinajstić information content (AvgIpc) is 3.21. The maximum atomic E-state index is 13.6. The first kappa shape index (κ1) is 35.1. The predicted octanol–water partition coefficient (Wildman–Crippen LogP) is 6.03. The number of hydrogen-bond acceptors (Lipinski definition) is 8. The number of benzene rings is 2. The number of aryl methyl sites for hydroxylation is 1. The van der Waals surface area contributed by atoms with Gasteiger partial charge in [0.15, 0.2) is 6.29 Å². The molecule has 7 rings (SSSR count). The number of likely N-dealkylation sites (N-methyl/N-ethyl adjacent to an activating group) is 1. The van der Waals surface area contributed by atoms with E-state index in [0.717, 1.165) is 80.9 Å². The minimum atomic E-state index is -3.90. The Hall–Kier alpha value is -2.37. The molecule has 3 aliphatic heterocycles. The molecule has 1 amide bonds. The molecule has 2 fully saturated rings. The van der Waals surface area contributed by atoms with Crippen LogP contribution < -0.4 is 14.4 Å². The highest BCUT2D eigenvalue weighted by Gasteiger charge is 2.47. The number of rotatable bonds is 2. The molecular weight excluding hydrogens is 662 g/mol. The van der Waals surface area contributed by atoms with Crippen LogP contribution >= 0.6 is 11.6 Å². The van der Waals surface area contributed by atoms with Crippen molar-refractivity contribution in [3.05, 3.63) is 58.1 Å². The highest BCUT2D eigenvalue weighted by Crippen LogP contribution is 2.49. The highest BCUT2D eigenvalue weighted by molar-refractivity contribution is 7.90. The van der Waals surface area contributed by atoms with Crippen LogP contribution in [0.4, 0.5) is 5.69 Å². The zero-order valence-corrected chi connectivity index (χ0v) is 30.9. The van der Waals surface area contributed by atoms with Crippen LogP contribution in [-0.4, -0.2) is 83.8 Å². The van der Waals surface area contributed by atoms with Crippen LogP contribution in [0.2, 0.25) is 5.02 Å². The van der Waals surface area contributed by atoms with Crippen molar-refractivity contribution in [2.75, 3.05) is 51.9 Å². The minimum absolute atomic E-state index is 0.122. The molecule has 2 aromatic rings. The second-order valence-electron chi connectivity index (χ2n) is 15.7. The monoisotopic (exact) mass is 713 g/mol. The number of halogens is 1. The molecule has 268 valence electrons. The SMILES string of the molecule is C[C@@H]1[C@@H](C)CCC[C@@H](C2OCC(N(C)C)CO2)[C@@H]2CC[C@H]2CN2C[C@@]3(CCCc4cc(Cl)ccc43)COc3ccc(cc32)C(=O)NS1(=O)=O. The Bertz CT molecular complexity index is 1650. The summed E-state index contributed by atoms with van der Waals surface area (Å²) in [6.45, 7) is 7.03. The van der Waals surface area contributed by atoms with E-state index in [4.69, 9.17) is 25.8 Å². The number of amides is 1. The molecule has 3 heterocycles. The zero-order chi connectivity index (χ0) is 34.5. The van der Waals surface area contributed by atoms with E-state index in [1.54, 1.807) is 13.0 Å². The first-order valence-corrected chi connectivity index (χ1v) is 20.1. The molecule has 1 spiro atoms. The van der Waals surface area contributed by atoms with Crippen molar-refractivity contribution in [2.45, 2.75) is 88.2 Å². The van der Waals surface area contributed by atoms with Gasteiger partial charge in [-0.1, -0.05) is 31.0 Å². The summed E-state index contributed by atoms with van der Waals surface area (Å²) in [5, 5.41) is 0.0306. The van der Waals surface area contributed by atoms with E-state index < -0.39 is 21.2 Å². The molecule has 9 nitrogen and oxygen atoms in total. The Morgan fingerprint density at radius 1 is 0.980 bits per heavy atom. The topological polar surface area (TPSA) is 97.4 Å². The lowest BCUT2D eigenvalue weighted by atomic mass is 9.64. The van der Waals surface area contributed by atoms with Crippen molar-refractivity contribution in [2.24, 2.45) is 23.7 Å². The van der Waals surface area contributed by atoms with Gasteiger partial charge in [0.2, 0.25) is 10.0 Å². The average molecular weight is 714 g/mol. The Labute approximate surface area is 297 Å². The van der Waals surface area contributed by atoms with Crippen LogP contribution in [0, 0.1) is 23.7 Å². The first-order valence-electron chi connectivity index (χ1n) is 18.2. The molecule has 11 heteroatoms. The summed E-state index contributed by atoms with van der Waals surface area (Å²) in [6.07, 6.45) is 7.49. The second-order valence-corrected chi connectivity index (χ2v) is 18.2. The van der Waals surface area contributed by atoms with Gasteiger partial charge in [-0.05, 0) is 125 Å². The third-order valence-electron chi connectivity index (χ3n) is 12.5. The molecule has 0 aromatic heterocycles. The summed E-state index contributed by atoms with van der Waals surface area (Å²) in [5.41, 5.74) is 3.48. The molecule has 49 heavy (non-hydrogen) atoms. The molecule has 5 aliphatic rings. The van der Waals surface area contributed by atoms with Crippen molar-refractivity contribution in [1.29, 1.82) is 0 Å². The Balaban J connectivity index is 1.26. The van der Waals surface area contributed by atoms with E-state index in [9.17, 15) is 13.2 Å². The number of carbonyl (C=O) groups is 1. The van der Waals surface area contributed by atoms with Gasteiger partial charge in [0.05, 0.1) is 36.8 Å². The second kappa shape index (κ2) is 14.0. The fourth-order valence-corrected chi connectivity index (χ4v) is 10.5. The number of fused-ring (bicyclic) bond motifs is 4. The number of anilines is 1.